The fourth-order valence-electron chi connectivity index (χ4n) is 5.93. The predicted molar refractivity (Wildman–Crippen MR) is 189 cm³/mol. The molecule has 2 aliphatic rings. The van der Waals surface area contributed by atoms with Gasteiger partial charge in [-0.15, -0.1) is 0 Å². The van der Waals surface area contributed by atoms with Crippen molar-refractivity contribution in [1.29, 1.82) is 0 Å². The summed E-state index contributed by atoms with van der Waals surface area (Å²) in [6.45, 7) is 6.38. The average Bonchev–Trinajstić information content (AvgIpc) is 3.72. The number of benzene rings is 4. The van der Waals surface area contributed by atoms with Crippen LogP contribution in [0.4, 0.5) is 10.1 Å². The number of amides is 1. The maximum Gasteiger partial charge on any atom is 0.207 e. The van der Waals surface area contributed by atoms with Gasteiger partial charge in [-0.05, 0) is 84.9 Å². The molecule has 1 amide bonds. The number of ether oxygens (including phenoxy) is 2. The van der Waals surface area contributed by atoms with Crippen LogP contribution in [0.2, 0.25) is 0 Å². The van der Waals surface area contributed by atoms with E-state index in [1.807, 2.05) is 24.3 Å². The number of aliphatic hydroxyl groups excluding tert-OH is 1. The fraction of sp³-hybridized carbons (Fsp3) is 0.395. The third-order valence-corrected chi connectivity index (χ3v) is 8.37. The number of fused-ring (bicyclic) bond motifs is 1. The molecule has 0 aromatic heterocycles. The van der Waals surface area contributed by atoms with Gasteiger partial charge < -0.3 is 35.4 Å². The van der Waals surface area contributed by atoms with E-state index in [9.17, 15) is 9.18 Å². The Morgan fingerprint density at radius 3 is 2.34 bits per heavy atom. The van der Waals surface area contributed by atoms with Crippen molar-refractivity contribution in [3.63, 3.8) is 0 Å². The Bertz CT molecular complexity index is 1520. The number of nitrogens with one attached hydrogen (secondary N) is 3. The van der Waals surface area contributed by atoms with Crippen molar-refractivity contribution < 1.29 is 23.8 Å². The molecule has 2 heterocycles. The van der Waals surface area contributed by atoms with Gasteiger partial charge in [0.25, 0.3) is 0 Å². The molecular weight excluding hydrogens is 595 g/mol. The third kappa shape index (κ3) is 10.9. The van der Waals surface area contributed by atoms with Gasteiger partial charge in [-0.25, -0.2) is 4.39 Å². The van der Waals surface area contributed by atoms with E-state index in [0.29, 0.717) is 31.5 Å². The molecule has 4 N–H and O–H groups in total. The number of hydrogen-bond acceptors (Lipinski definition) is 7. The highest BCUT2D eigenvalue weighted by molar-refractivity contribution is 5.88. The number of carbonyl (C=O) groups is 1. The largest absolute Gasteiger partial charge is 0.496 e. The first kappa shape index (κ1) is 35.7. The Labute approximate surface area is 278 Å². The molecule has 4 aromatic rings. The van der Waals surface area contributed by atoms with Crippen LogP contribution in [0.15, 0.2) is 78.9 Å². The van der Waals surface area contributed by atoms with E-state index in [2.05, 4.69) is 63.3 Å². The number of aryl methyl sites for hydroxylation is 1. The predicted octanol–water partition coefficient (Wildman–Crippen LogP) is 5.56. The molecule has 2 saturated heterocycles. The summed E-state index contributed by atoms with van der Waals surface area (Å²) in [5, 5.41) is 18.7. The first-order chi connectivity index (χ1) is 23.1. The van der Waals surface area contributed by atoms with Crippen LogP contribution in [0.25, 0.3) is 21.9 Å². The molecule has 9 heteroatoms. The van der Waals surface area contributed by atoms with E-state index in [0.717, 1.165) is 67.8 Å². The number of piperazine rings is 1. The number of nitrogens with zero attached hydrogens (tertiary/aromatic N) is 1. The molecule has 0 radical (unpaired) electrons. The van der Waals surface area contributed by atoms with Gasteiger partial charge in [0.2, 0.25) is 6.41 Å². The van der Waals surface area contributed by atoms with Crippen molar-refractivity contribution in [1.82, 2.24) is 16.0 Å². The summed E-state index contributed by atoms with van der Waals surface area (Å²) in [5.74, 6) is 1.02. The molecule has 8 nitrogen and oxygen atoms in total. The minimum atomic E-state index is -0.314. The minimum absolute atomic E-state index is 0.198. The number of aliphatic hydroxyl groups is 1. The summed E-state index contributed by atoms with van der Waals surface area (Å²) in [4.78, 5) is 13.0. The monoisotopic (exact) mass is 644 g/mol. The van der Waals surface area contributed by atoms with E-state index < -0.39 is 0 Å². The molecule has 0 aliphatic carbocycles. The summed E-state index contributed by atoms with van der Waals surface area (Å²) < 4.78 is 26.6. The lowest BCUT2D eigenvalue weighted by atomic mass is 9.96. The number of hydrogen-bond donors (Lipinski definition) is 4. The van der Waals surface area contributed by atoms with Gasteiger partial charge in [0.1, 0.15) is 23.4 Å². The maximum atomic E-state index is 14.6. The maximum absolute atomic E-state index is 14.6. The molecule has 0 saturated carbocycles. The highest BCUT2D eigenvalue weighted by Crippen LogP contribution is 2.34. The number of rotatable bonds is 12. The Hall–Kier alpha value is -4.18. The molecule has 6 rings (SSSR count). The van der Waals surface area contributed by atoms with Crippen molar-refractivity contribution in [3.05, 3.63) is 90.2 Å². The number of methoxy groups -OCH3 is 1. The number of anilines is 1. The first-order valence-corrected chi connectivity index (χ1v) is 16.5. The first-order valence-electron chi connectivity index (χ1n) is 16.5. The van der Waals surface area contributed by atoms with Gasteiger partial charge in [-0.2, -0.15) is 0 Å². The van der Waals surface area contributed by atoms with Gasteiger partial charge in [0.05, 0.1) is 7.11 Å². The van der Waals surface area contributed by atoms with Crippen LogP contribution in [0, 0.1) is 5.82 Å². The van der Waals surface area contributed by atoms with E-state index in [4.69, 9.17) is 14.6 Å². The minimum Gasteiger partial charge on any atom is -0.496 e. The SMILES string of the molecule is C1CCNC1.CO.COc1ccc(CCC(CCNC=O)Oc2cc(F)cc(N3CCNCC3)c2)cc1-c1ccc2ccccc2c1. The second-order valence-electron chi connectivity index (χ2n) is 11.6. The van der Waals surface area contributed by atoms with Crippen molar-refractivity contribution in [2.75, 3.05) is 64.9 Å². The second-order valence-corrected chi connectivity index (χ2v) is 11.6. The lowest BCUT2D eigenvalue weighted by Gasteiger charge is -2.30. The van der Waals surface area contributed by atoms with Crippen LogP contribution >= 0.6 is 0 Å². The van der Waals surface area contributed by atoms with E-state index in [1.54, 1.807) is 13.2 Å². The smallest absolute Gasteiger partial charge is 0.207 e. The summed E-state index contributed by atoms with van der Waals surface area (Å²) in [6.07, 6.45) is 5.36. The third-order valence-electron chi connectivity index (χ3n) is 8.37. The van der Waals surface area contributed by atoms with Crippen molar-refractivity contribution >= 4 is 22.9 Å². The molecule has 2 fully saturated rings. The van der Waals surface area contributed by atoms with E-state index >= 15 is 0 Å². The van der Waals surface area contributed by atoms with E-state index in [1.165, 1.54) is 42.8 Å². The molecule has 1 atom stereocenters. The van der Waals surface area contributed by atoms with Crippen LogP contribution in [0.3, 0.4) is 0 Å². The molecule has 1 unspecified atom stereocenters. The van der Waals surface area contributed by atoms with Gasteiger partial charge >= 0.3 is 0 Å². The van der Waals surface area contributed by atoms with Crippen molar-refractivity contribution in [2.45, 2.75) is 38.2 Å². The zero-order chi connectivity index (χ0) is 33.3. The molecule has 2 aliphatic heterocycles. The van der Waals surface area contributed by atoms with Crippen LogP contribution in [0.1, 0.15) is 31.2 Å². The topological polar surface area (TPSA) is 95.1 Å². The van der Waals surface area contributed by atoms with E-state index in [-0.39, 0.29) is 11.9 Å². The zero-order valence-electron chi connectivity index (χ0n) is 27.6. The normalized spacial score (nSPS) is 14.7. The Morgan fingerprint density at radius 1 is 0.894 bits per heavy atom. The number of halogens is 1. The lowest BCUT2D eigenvalue weighted by Crippen LogP contribution is -2.43. The summed E-state index contributed by atoms with van der Waals surface area (Å²) >= 11 is 0. The van der Waals surface area contributed by atoms with Gasteiger partial charge in [-0.3, -0.25) is 4.79 Å². The lowest BCUT2D eigenvalue weighted by molar-refractivity contribution is -0.109. The van der Waals surface area contributed by atoms with Crippen molar-refractivity contribution in [2.24, 2.45) is 0 Å². The van der Waals surface area contributed by atoms with Gasteiger partial charge in [0.15, 0.2) is 0 Å². The molecule has 4 aromatic carbocycles. The molecular formula is C38H49FN4O4. The molecule has 252 valence electrons. The molecule has 47 heavy (non-hydrogen) atoms. The Balaban J connectivity index is 0.000000643. The van der Waals surface area contributed by atoms with Crippen molar-refractivity contribution in [3.8, 4) is 22.6 Å². The standard InChI is InChI=1S/C33H36FN3O3.C4H9N.CH4O/c1-39-33-11-7-24(18-32(33)27-9-8-25-4-2-3-5-26(25)19-27)6-10-30(12-13-36-23-38)40-31-21-28(34)20-29(22-31)37-16-14-35-15-17-37;1-2-4-5-3-1;1-2/h2-5,7-9,11,18-23,30,35H,6,10,12-17H2,1H3,(H,36,38);5H,1-4H2;2H,1H3. The Kier molecular flexibility index (Phi) is 14.8. The Morgan fingerprint density at radius 2 is 1.64 bits per heavy atom. The molecule has 0 spiro atoms. The molecule has 0 bridgehead atoms. The zero-order valence-corrected chi connectivity index (χ0v) is 27.6. The van der Waals surface area contributed by atoms with Crippen LogP contribution < -0.4 is 30.3 Å². The van der Waals surface area contributed by atoms with Gasteiger partial charge in [-0.1, -0.05) is 42.5 Å². The number of carbonyl (C=O) groups excluding carboxylic acids is 1. The van der Waals surface area contributed by atoms with Crippen LogP contribution in [-0.4, -0.2) is 77.7 Å². The van der Waals surface area contributed by atoms with Crippen LogP contribution in [0.5, 0.6) is 11.5 Å². The fourth-order valence-corrected chi connectivity index (χ4v) is 5.93. The quantitative estimate of drug-likeness (QED) is 0.119. The highest BCUT2D eigenvalue weighted by atomic mass is 19.1. The average molecular weight is 645 g/mol. The second kappa shape index (κ2) is 19.5. The van der Waals surface area contributed by atoms with Gasteiger partial charge in [0, 0.05) is 69.6 Å². The highest BCUT2D eigenvalue weighted by Gasteiger charge is 2.17. The summed E-state index contributed by atoms with van der Waals surface area (Å²) in [5.41, 5.74) is 4.12. The summed E-state index contributed by atoms with van der Waals surface area (Å²) in [7, 11) is 2.69. The summed E-state index contributed by atoms with van der Waals surface area (Å²) in [6, 6.07) is 25.9. The van der Waals surface area contributed by atoms with Crippen LogP contribution in [-0.2, 0) is 11.2 Å².